The Morgan fingerprint density at radius 2 is 1.47 bits per heavy atom. The maximum Gasteiger partial charge on any atom is 0.0397 e. The Kier molecular flexibility index (Phi) is 3.28. The van der Waals surface area contributed by atoms with Crippen LogP contribution in [-0.4, -0.2) is 18.1 Å². The highest BCUT2D eigenvalue weighted by molar-refractivity contribution is 5.45. The van der Waals surface area contributed by atoms with Gasteiger partial charge in [-0.15, -0.1) is 0 Å². The molecule has 3 rings (SSSR count). The van der Waals surface area contributed by atoms with E-state index in [4.69, 9.17) is 0 Å². The molecule has 1 aromatic rings. The van der Waals surface area contributed by atoms with E-state index in [0.717, 1.165) is 0 Å². The standard InChI is InChI=1S/C17H26N2/c1-16(2)5-7-17(8-6-16)9-13-19(14-10-17)15-3-11-18-12-4-15/h3-4,11-12H,5-10,13-14H2,1-2H3. The first-order valence-corrected chi connectivity index (χ1v) is 7.74. The van der Waals surface area contributed by atoms with Crippen molar-refractivity contribution in [2.75, 3.05) is 18.0 Å². The van der Waals surface area contributed by atoms with Crippen LogP contribution in [-0.2, 0) is 0 Å². The van der Waals surface area contributed by atoms with Gasteiger partial charge in [-0.1, -0.05) is 13.8 Å². The summed E-state index contributed by atoms with van der Waals surface area (Å²) in [6, 6.07) is 4.28. The van der Waals surface area contributed by atoms with Crippen LogP contribution in [0.5, 0.6) is 0 Å². The van der Waals surface area contributed by atoms with E-state index < -0.39 is 0 Å². The molecule has 1 aromatic heterocycles. The summed E-state index contributed by atoms with van der Waals surface area (Å²) in [7, 11) is 0. The van der Waals surface area contributed by atoms with Crippen molar-refractivity contribution in [2.45, 2.75) is 52.4 Å². The highest BCUT2D eigenvalue weighted by Gasteiger charge is 2.40. The quantitative estimate of drug-likeness (QED) is 0.748. The molecular formula is C17H26N2. The van der Waals surface area contributed by atoms with Crippen molar-refractivity contribution in [2.24, 2.45) is 10.8 Å². The van der Waals surface area contributed by atoms with Gasteiger partial charge in [0.2, 0.25) is 0 Å². The van der Waals surface area contributed by atoms with Gasteiger partial charge in [0.05, 0.1) is 0 Å². The summed E-state index contributed by atoms with van der Waals surface area (Å²) in [5.74, 6) is 0. The van der Waals surface area contributed by atoms with Crippen molar-refractivity contribution in [3.05, 3.63) is 24.5 Å². The lowest BCUT2D eigenvalue weighted by atomic mass is 9.61. The summed E-state index contributed by atoms with van der Waals surface area (Å²) < 4.78 is 0. The molecule has 0 aromatic carbocycles. The van der Waals surface area contributed by atoms with Crippen molar-refractivity contribution in [1.29, 1.82) is 0 Å². The Balaban J connectivity index is 1.61. The minimum Gasteiger partial charge on any atom is -0.371 e. The normalized spacial score (nSPS) is 25.5. The molecule has 2 heterocycles. The van der Waals surface area contributed by atoms with E-state index in [1.54, 1.807) is 0 Å². The van der Waals surface area contributed by atoms with E-state index in [1.807, 2.05) is 12.4 Å². The smallest absolute Gasteiger partial charge is 0.0397 e. The summed E-state index contributed by atoms with van der Waals surface area (Å²) in [6.45, 7) is 7.33. The maximum atomic E-state index is 4.11. The summed E-state index contributed by atoms with van der Waals surface area (Å²) in [5, 5.41) is 0. The second-order valence-corrected chi connectivity index (χ2v) is 7.36. The molecule has 0 amide bonds. The van der Waals surface area contributed by atoms with Gasteiger partial charge in [0.25, 0.3) is 0 Å². The van der Waals surface area contributed by atoms with Gasteiger partial charge < -0.3 is 4.90 Å². The largest absolute Gasteiger partial charge is 0.371 e. The minimum atomic E-state index is 0.591. The van der Waals surface area contributed by atoms with Crippen LogP contribution in [0, 0.1) is 10.8 Å². The van der Waals surface area contributed by atoms with Crippen molar-refractivity contribution in [1.82, 2.24) is 4.98 Å². The highest BCUT2D eigenvalue weighted by Crippen LogP contribution is 2.50. The lowest BCUT2D eigenvalue weighted by Crippen LogP contribution is -2.43. The number of rotatable bonds is 1. The van der Waals surface area contributed by atoms with Gasteiger partial charge in [-0.05, 0) is 61.5 Å². The van der Waals surface area contributed by atoms with Crippen molar-refractivity contribution >= 4 is 5.69 Å². The van der Waals surface area contributed by atoms with Crippen LogP contribution in [0.4, 0.5) is 5.69 Å². The summed E-state index contributed by atoms with van der Waals surface area (Å²) in [4.78, 5) is 6.65. The molecule has 0 unspecified atom stereocenters. The fourth-order valence-electron chi connectivity index (χ4n) is 3.75. The zero-order valence-electron chi connectivity index (χ0n) is 12.4. The lowest BCUT2D eigenvalue weighted by molar-refractivity contribution is 0.0767. The van der Waals surface area contributed by atoms with E-state index in [9.17, 15) is 0 Å². The Hall–Kier alpha value is -1.05. The molecule has 1 aliphatic carbocycles. The molecule has 0 atom stereocenters. The Morgan fingerprint density at radius 1 is 0.895 bits per heavy atom. The Labute approximate surface area is 117 Å². The van der Waals surface area contributed by atoms with Crippen LogP contribution >= 0.6 is 0 Å². The predicted molar refractivity (Wildman–Crippen MR) is 80.4 cm³/mol. The molecule has 1 aliphatic heterocycles. The predicted octanol–water partition coefficient (Wildman–Crippen LogP) is 4.27. The monoisotopic (exact) mass is 258 g/mol. The van der Waals surface area contributed by atoms with E-state index in [1.165, 1.54) is 57.3 Å². The number of aromatic nitrogens is 1. The molecular weight excluding hydrogens is 232 g/mol. The molecule has 1 saturated carbocycles. The molecule has 2 aliphatic rings. The first-order chi connectivity index (χ1) is 9.09. The molecule has 2 heteroatoms. The summed E-state index contributed by atoms with van der Waals surface area (Å²) in [6.07, 6.45) is 12.3. The Bertz CT molecular complexity index is 404. The Morgan fingerprint density at radius 3 is 2.05 bits per heavy atom. The number of hydrogen-bond donors (Lipinski definition) is 0. The molecule has 19 heavy (non-hydrogen) atoms. The molecule has 0 bridgehead atoms. The number of nitrogens with zero attached hydrogens (tertiary/aromatic N) is 2. The summed E-state index contributed by atoms with van der Waals surface area (Å²) >= 11 is 0. The van der Waals surface area contributed by atoms with Crippen LogP contribution in [0.2, 0.25) is 0 Å². The first-order valence-electron chi connectivity index (χ1n) is 7.74. The van der Waals surface area contributed by atoms with Gasteiger partial charge in [-0.25, -0.2) is 0 Å². The van der Waals surface area contributed by atoms with Gasteiger partial charge in [0.15, 0.2) is 0 Å². The first kappa shape index (κ1) is 13.0. The SMILES string of the molecule is CC1(C)CCC2(CCN(c3ccncc3)CC2)CC1. The van der Waals surface area contributed by atoms with Gasteiger partial charge in [0.1, 0.15) is 0 Å². The maximum absolute atomic E-state index is 4.11. The second kappa shape index (κ2) is 4.81. The van der Waals surface area contributed by atoms with Gasteiger partial charge in [-0.2, -0.15) is 0 Å². The van der Waals surface area contributed by atoms with E-state index >= 15 is 0 Å². The average Bonchev–Trinajstić information content (AvgIpc) is 2.45. The minimum absolute atomic E-state index is 0.591. The zero-order valence-corrected chi connectivity index (χ0v) is 12.4. The third-order valence-electron chi connectivity index (χ3n) is 5.52. The number of piperidine rings is 1. The van der Waals surface area contributed by atoms with Crippen molar-refractivity contribution < 1.29 is 0 Å². The van der Waals surface area contributed by atoms with Gasteiger partial charge in [0, 0.05) is 31.2 Å². The second-order valence-electron chi connectivity index (χ2n) is 7.36. The number of hydrogen-bond acceptors (Lipinski definition) is 2. The molecule has 1 saturated heterocycles. The number of anilines is 1. The summed E-state index contributed by atoms with van der Waals surface area (Å²) in [5.41, 5.74) is 2.60. The molecule has 104 valence electrons. The number of pyridine rings is 1. The van der Waals surface area contributed by atoms with Crippen LogP contribution in [0.3, 0.4) is 0 Å². The third kappa shape index (κ3) is 2.77. The van der Waals surface area contributed by atoms with E-state index in [2.05, 4.69) is 35.9 Å². The molecule has 0 N–H and O–H groups in total. The fourth-order valence-corrected chi connectivity index (χ4v) is 3.75. The molecule has 2 nitrogen and oxygen atoms in total. The van der Waals surface area contributed by atoms with Gasteiger partial charge >= 0.3 is 0 Å². The lowest BCUT2D eigenvalue weighted by Gasteiger charge is -2.48. The van der Waals surface area contributed by atoms with E-state index in [0.29, 0.717) is 10.8 Å². The van der Waals surface area contributed by atoms with Gasteiger partial charge in [-0.3, -0.25) is 4.98 Å². The van der Waals surface area contributed by atoms with Crippen LogP contribution < -0.4 is 4.90 Å². The zero-order chi connectivity index (χ0) is 13.3. The topological polar surface area (TPSA) is 16.1 Å². The van der Waals surface area contributed by atoms with Crippen LogP contribution in [0.25, 0.3) is 0 Å². The third-order valence-corrected chi connectivity index (χ3v) is 5.52. The molecule has 1 spiro atoms. The van der Waals surface area contributed by atoms with Crippen LogP contribution in [0.1, 0.15) is 52.4 Å². The highest BCUT2D eigenvalue weighted by atomic mass is 15.1. The average molecular weight is 258 g/mol. The van der Waals surface area contributed by atoms with Crippen molar-refractivity contribution in [3.8, 4) is 0 Å². The fraction of sp³-hybridized carbons (Fsp3) is 0.706. The molecule has 2 fully saturated rings. The molecule has 0 radical (unpaired) electrons. The van der Waals surface area contributed by atoms with E-state index in [-0.39, 0.29) is 0 Å². The van der Waals surface area contributed by atoms with Crippen molar-refractivity contribution in [3.63, 3.8) is 0 Å². The van der Waals surface area contributed by atoms with Crippen LogP contribution in [0.15, 0.2) is 24.5 Å².